The highest BCUT2D eigenvalue weighted by Gasteiger charge is 1.99. The fourth-order valence-corrected chi connectivity index (χ4v) is 0.743. The molecule has 0 aliphatic heterocycles. The van der Waals surface area contributed by atoms with Crippen LogP contribution in [0.3, 0.4) is 0 Å². The number of furan rings is 1. The molecular formula is C7H10O3. The van der Waals surface area contributed by atoms with E-state index in [1.807, 2.05) is 13.0 Å². The molecule has 0 saturated carbocycles. The van der Waals surface area contributed by atoms with Gasteiger partial charge in [-0.25, -0.2) is 0 Å². The Morgan fingerprint density at radius 2 is 2.40 bits per heavy atom. The van der Waals surface area contributed by atoms with E-state index >= 15 is 0 Å². The summed E-state index contributed by atoms with van der Waals surface area (Å²) in [5.41, 5.74) is 0.977. The number of carbonyl (C=O) groups is 1. The average molecular weight is 142 g/mol. The number of hydrogen-bond acceptors (Lipinski definition) is 2. The molecule has 1 aromatic rings. The molecule has 1 heterocycles. The van der Waals surface area contributed by atoms with Crippen LogP contribution in [0.5, 0.6) is 0 Å². The van der Waals surface area contributed by atoms with Crippen LogP contribution in [0.1, 0.15) is 23.0 Å². The summed E-state index contributed by atoms with van der Waals surface area (Å²) >= 11 is 0. The maximum absolute atomic E-state index is 10.2. The summed E-state index contributed by atoms with van der Waals surface area (Å²) in [5, 5.41) is 0. The summed E-state index contributed by atoms with van der Waals surface area (Å²) in [4.78, 5) is 10.2. The van der Waals surface area contributed by atoms with Crippen molar-refractivity contribution >= 4 is 6.29 Å². The largest absolute Gasteiger partial charge is 0.461 e. The minimum absolute atomic E-state index is 0. The van der Waals surface area contributed by atoms with E-state index in [0.717, 1.165) is 18.3 Å². The highest BCUT2D eigenvalue weighted by molar-refractivity contribution is 5.72. The highest BCUT2D eigenvalue weighted by atomic mass is 16.3. The Morgan fingerprint density at radius 3 is 2.80 bits per heavy atom. The van der Waals surface area contributed by atoms with Gasteiger partial charge in [0.2, 0.25) is 0 Å². The predicted molar refractivity (Wildman–Crippen MR) is 37.1 cm³/mol. The Hall–Kier alpha value is -1.09. The quantitative estimate of drug-likeness (QED) is 0.574. The van der Waals surface area contributed by atoms with Crippen molar-refractivity contribution < 1.29 is 14.7 Å². The molecule has 0 bridgehead atoms. The lowest BCUT2D eigenvalue weighted by Crippen LogP contribution is -1.81. The van der Waals surface area contributed by atoms with E-state index in [0.29, 0.717) is 5.76 Å². The molecule has 0 spiro atoms. The normalized spacial score (nSPS) is 8.50. The molecule has 0 aromatic carbocycles. The molecule has 0 saturated heterocycles. The molecular weight excluding hydrogens is 132 g/mol. The van der Waals surface area contributed by atoms with Crippen molar-refractivity contribution in [2.24, 2.45) is 0 Å². The highest BCUT2D eigenvalue weighted by Crippen LogP contribution is 2.07. The Balaban J connectivity index is 0.000000810. The monoisotopic (exact) mass is 142 g/mol. The van der Waals surface area contributed by atoms with E-state index in [1.165, 1.54) is 6.26 Å². The van der Waals surface area contributed by atoms with Gasteiger partial charge in [-0.05, 0) is 12.5 Å². The van der Waals surface area contributed by atoms with E-state index in [1.54, 1.807) is 0 Å². The van der Waals surface area contributed by atoms with E-state index in [2.05, 4.69) is 0 Å². The van der Waals surface area contributed by atoms with Crippen LogP contribution in [0.4, 0.5) is 0 Å². The number of hydrogen-bond donors (Lipinski definition) is 0. The van der Waals surface area contributed by atoms with Gasteiger partial charge in [0.05, 0.1) is 6.26 Å². The third-order valence-corrected chi connectivity index (χ3v) is 1.27. The van der Waals surface area contributed by atoms with E-state index in [-0.39, 0.29) is 5.48 Å². The second-order valence-electron chi connectivity index (χ2n) is 1.78. The standard InChI is InChI=1S/C7H8O2.H2O/c1-2-6-3-4-9-7(6)5-8;/h3-5H,2H2,1H3;1H2. The molecule has 0 amide bonds. The van der Waals surface area contributed by atoms with Crippen LogP contribution >= 0.6 is 0 Å². The molecule has 1 aromatic heterocycles. The van der Waals surface area contributed by atoms with Crippen LogP contribution in [0.25, 0.3) is 0 Å². The molecule has 0 aliphatic carbocycles. The van der Waals surface area contributed by atoms with Gasteiger partial charge in [-0.1, -0.05) is 6.92 Å². The lowest BCUT2D eigenvalue weighted by molar-refractivity contribution is 0.109. The second-order valence-corrected chi connectivity index (χ2v) is 1.78. The molecule has 3 nitrogen and oxygen atoms in total. The van der Waals surface area contributed by atoms with Crippen molar-refractivity contribution in [3.8, 4) is 0 Å². The SMILES string of the molecule is CCc1ccoc1C=O.O. The Labute approximate surface area is 59.0 Å². The average Bonchev–Trinajstić information content (AvgIpc) is 2.33. The zero-order chi connectivity index (χ0) is 6.69. The van der Waals surface area contributed by atoms with Crippen LogP contribution in [-0.4, -0.2) is 11.8 Å². The second kappa shape index (κ2) is 3.85. The smallest absolute Gasteiger partial charge is 0.185 e. The number of carbonyl (C=O) groups excluding carboxylic acids is 1. The first-order valence-corrected chi connectivity index (χ1v) is 2.90. The molecule has 0 fully saturated rings. The van der Waals surface area contributed by atoms with E-state index in [4.69, 9.17) is 4.42 Å². The van der Waals surface area contributed by atoms with Crippen molar-refractivity contribution in [3.63, 3.8) is 0 Å². The van der Waals surface area contributed by atoms with Crippen molar-refractivity contribution in [3.05, 3.63) is 23.7 Å². The molecule has 56 valence electrons. The summed E-state index contributed by atoms with van der Waals surface area (Å²) in [6.45, 7) is 1.98. The first-order chi connectivity index (χ1) is 4.38. The van der Waals surface area contributed by atoms with Crippen LogP contribution in [0.2, 0.25) is 0 Å². The van der Waals surface area contributed by atoms with Crippen molar-refractivity contribution in [2.45, 2.75) is 13.3 Å². The van der Waals surface area contributed by atoms with Gasteiger partial charge in [0, 0.05) is 5.56 Å². The minimum atomic E-state index is 0. The maximum atomic E-state index is 10.2. The first kappa shape index (κ1) is 8.91. The van der Waals surface area contributed by atoms with Gasteiger partial charge in [-0.2, -0.15) is 0 Å². The molecule has 1 rings (SSSR count). The third-order valence-electron chi connectivity index (χ3n) is 1.27. The Morgan fingerprint density at radius 1 is 1.70 bits per heavy atom. The summed E-state index contributed by atoms with van der Waals surface area (Å²) in [5.74, 6) is 0.456. The van der Waals surface area contributed by atoms with Gasteiger partial charge < -0.3 is 9.89 Å². The summed E-state index contributed by atoms with van der Waals surface area (Å²) in [6, 6.07) is 1.81. The number of rotatable bonds is 2. The first-order valence-electron chi connectivity index (χ1n) is 2.90. The molecule has 2 N–H and O–H groups in total. The van der Waals surface area contributed by atoms with Gasteiger partial charge >= 0.3 is 0 Å². The van der Waals surface area contributed by atoms with Crippen molar-refractivity contribution in [1.29, 1.82) is 0 Å². The topological polar surface area (TPSA) is 61.7 Å². The zero-order valence-corrected chi connectivity index (χ0v) is 5.76. The summed E-state index contributed by atoms with van der Waals surface area (Å²) in [6.07, 6.45) is 3.12. The fourth-order valence-electron chi connectivity index (χ4n) is 0.743. The van der Waals surface area contributed by atoms with Crippen molar-refractivity contribution in [1.82, 2.24) is 0 Å². The minimum Gasteiger partial charge on any atom is -0.461 e. The summed E-state index contributed by atoms with van der Waals surface area (Å²) < 4.78 is 4.84. The zero-order valence-electron chi connectivity index (χ0n) is 5.76. The lowest BCUT2D eigenvalue weighted by Gasteiger charge is -1.85. The molecule has 0 radical (unpaired) electrons. The number of aldehydes is 1. The van der Waals surface area contributed by atoms with Crippen LogP contribution in [0.15, 0.2) is 16.7 Å². The molecule has 10 heavy (non-hydrogen) atoms. The molecule has 0 atom stereocenters. The Bertz CT molecular complexity index is 202. The van der Waals surface area contributed by atoms with Gasteiger partial charge in [0.15, 0.2) is 12.0 Å². The van der Waals surface area contributed by atoms with Gasteiger partial charge in [-0.3, -0.25) is 4.79 Å². The number of aryl methyl sites for hydroxylation is 1. The van der Waals surface area contributed by atoms with Gasteiger partial charge in [0.1, 0.15) is 0 Å². The van der Waals surface area contributed by atoms with Gasteiger partial charge in [-0.15, -0.1) is 0 Å². The van der Waals surface area contributed by atoms with E-state index in [9.17, 15) is 4.79 Å². The maximum Gasteiger partial charge on any atom is 0.185 e. The van der Waals surface area contributed by atoms with Crippen LogP contribution < -0.4 is 0 Å². The Kier molecular flexibility index (Phi) is 3.43. The van der Waals surface area contributed by atoms with Crippen LogP contribution in [0, 0.1) is 0 Å². The third kappa shape index (κ3) is 1.45. The fraction of sp³-hybridized carbons (Fsp3) is 0.286. The summed E-state index contributed by atoms with van der Waals surface area (Å²) in [7, 11) is 0. The lowest BCUT2D eigenvalue weighted by atomic mass is 10.2. The van der Waals surface area contributed by atoms with Crippen LogP contribution in [-0.2, 0) is 6.42 Å². The predicted octanol–water partition coefficient (Wildman–Crippen LogP) is 0.830. The molecule has 0 unspecified atom stereocenters. The molecule has 3 heteroatoms. The van der Waals surface area contributed by atoms with Gasteiger partial charge in [0.25, 0.3) is 0 Å². The van der Waals surface area contributed by atoms with E-state index < -0.39 is 0 Å². The molecule has 0 aliphatic rings. The van der Waals surface area contributed by atoms with Crippen molar-refractivity contribution in [2.75, 3.05) is 0 Å².